The molecular formula is C20H34N2O4S. The number of esters is 1. The van der Waals surface area contributed by atoms with Crippen molar-refractivity contribution in [3.8, 4) is 5.88 Å². The standard InChI is InChI=1S/C20H34N2O4S/c1-8-26-19(23)16-11-12-18(25-7)21-17(16)13-15(10-9-14(2)3)22-27(24)20(4,5)6/h11-12,14-15,22H,8-10,13H2,1-7H3. The fraction of sp³-hybridized carbons (Fsp3) is 0.700. The number of methoxy groups -OCH3 is 1. The van der Waals surface area contributed by atoms with Crippen molar-refractivity contribution in [1.82, 2.24) is 9.71 Å². The second kappa shape index (κ2) is 10.9. The molecule has 0 aliphatic heterocycles. The van der Waals surface area contributed by atoms with E-state index in [-0.39, 0.29) is 10.8 Å². The summed E-state index contributed by atoms with van der Waals surface area (Å²) in [7, 11) is 1.54. The van der Waals surface area contributed by atoms with Crippen LogP contribution < -0.4 is 9.46 Å². The van der Waals surface area contributed by atoms with Crippen LogP contribution in [-0.2, 0) is 22.5 Å². The van der Waals surface area contributed by atoms with E-state index in [1.165, 1.54) is 0 Å². The van der Waals surface area contributed by atoms with Crippen LogP contribution in [0.2, 0.25) is 0 Å². The van der Waals surface area contributed by atoms with E-state index in [0.717, 1.165) is 12.8 Å². The molecule has 27 heavy (non-hydrogen) atoms. The first-order valence-electron chi connectivity index (χ1n) is 9.47. The number of carbonyl (C=O) groups is 1. The van der Waals surface area contributed by atoms with Gasteiger partial charge in [-0.15, -0.1) is 4.72 Å². The Bertz CT molecular complexity index is 602. The Morgan fingerprint density at radius 2 is 1.96 bits per heavy atom. The van der Waals surface area contributed by atoms with Crippen molar-refractivity contribution in [3.05, 3.63) is 23.4 Å². The minimum Gasteiger partial charge on any atom is -0.598 e. The molecule has 0 aliphatic carbocycles. The highest BCUT2D eigenvalue weighted by atomic mass is 32.2. The molecule has 1 N–H and O–H groups in total. The van der Waals surface area contributed by atoms with Gasteiger partial charge in [-0.1, -0.05) is 13.8 Å². The summed E-state index contributed by atoms with van der Waals surface area (Å²) in [6, 6.07) is 3.26. The monoisotopic (exact) mass is 398 g/mol. The van der Waals surface area contributed by atoms with E-state index >= 15 is 0 Å². The summed E-state index contributed by atoms with van der Waals surface area (Å²) in [5.74, 6) is 0.569. The Morgan fingerprint density at radius 3 is 2.48 bits per heavy atom. The van der Waals surface area contributed by atoms with Gasteiger partial charge in [-0.25, -0.2) is 9.78 Å². The zero-order valence-corrected chi connectivity index (χ0v) is 18.4. The third-order valence-corrected chi connectivity index (χ3v) is 5.68. The molecule has 0 saturated heterocycles. The number of ether oxygens (including phenoxy) is 2. The highest BCUT2D eigenvalue weighted by Gasteiger charge is 2.30. The molecule has 1 aromatic heterocycles. The Morgan fingerprint density at radius 1 is 1.30 bits per heavy atom. The zero-order valence-electron chi connectivity index (χ0n) is 17.6. The van der Waals surface area contributed by atoms with E-state index in [4.69, 9.17) is 9.47 Å². The molecule has 0 spiro atoms. The van der Waals surface area contributed by atoms with E-state index in [1.807, 2.05) is 20.8 Å². The summed E-state index contributed by atoms with van der Waals surface area (Å²) < 4.78 is 25.9. The third-order valence-electron chi connectivity index (χ3n) is 4.02. The fourth-order valence-corrected chi connectivity index (χ4v) is 3.30. The first kappa shape index (κ1) is 23.7. The number of hydrogen-bond donors (Lipinski definition) is 1. The number of hydrogen-bond acceptors (Lipinski definition) is 6. The Kier molecular flexibility index (Phi) is 9.56. The second-order valence-electron chi connectivity index (χ2n) is 7.94. The highest BCUT2D eigenvalue weighted by molar-refractivity contribution is 7.90. The van der Waals surface area contributed by atoms with E-state index in [1.54, 1.807) is 26.2 Å². The number of nitrogens with zero attached hydrogens (tertiary/aromatic N) is 1. The van der Waals surface area contributed by atoms with E-state index < -0.39 is 17.3 Å². The lowest BCUT2D eigenvalue weighted by Gasteiger charge is -2.28. The van der Waals surface area contributed by atoms with Crippen molar-refractivity contribution < 1.29 is 18.8 Å². The molecule has 1 heterocycles. The van der Waals surface area contributed by atoms with Crippen LogP contribution in [0.4, 0.5) is 0 Å². The molecule has 0 bridgehead atoms. The third kappa shape index (κ3) is 8.07. The molecule has 0 amide bonds. The van der Waals surface area contributed by atoms with Crippen molar-refractivity contribution >= 4 is 17.3 Å². The Balaban J connectivity index is 3.11. The van der Waals surface area contributed by atoms with Gasteiger partial charge in [0.2, 0.25) is 5.88 Å². The average molecular weight is 399 g/mol. The number of aromatic nitrogens is 1. The van der Waals surface area contributed by atoms with Crippen molar-refractivity contribution in [2.75, 3.05) is 13.7 Å². The van der Waals surface area contributed by atoms with Crippen LogP contribution >= 0.6 is 0 Å². The number of rotatable bonds is 10. The maximum absolute atomic E-state index is 12.6. The lowest BCUT2D eigenvalue weighted by Crippen LogP contribution is -2.45. The summed E-state index contributed by atoms with van der Waals surface area (Å²) in [5.41, 5.74) is 1.02. The maximum atomic E-state index is 12.6. The summed E-state index contributed by atoms with van der Waals surface area (Å²) in [6.07, 6.45) is 2.29. The predicted octanol–water partition coefficient (Wildman–Crippen LogP) is 3.67. The van der Waals surface area contributed by atoms with Gasteiger partial charge in [0, 0.05) is 23.8 Å². The summed E-state index contributed by atoms with van der Waals surface area (Å²) in [6.45, 7) is 12.2. The molecule has 0 aromatic carbocycles. The van der Waals surface area contributed by atoms with Crippen LogP contribution in [0.15, 0.2) is 12.1 Å². The van der Waals surface area contributed by atoms with Crippen LogP contribution in [-0.4, -0.2) is 40.0 Å². The quantitative estimate of drug-likeness (QED) is 0.478. The van der Waals surface area contributed by atoms with Crippen LogP contribution in [0.1, 0.15) is 70.4 Å². The number of nitrogens with one attached hydrogen (secondary N) is 1. The smallest absolute Gasteiger partial charge is 0.339 e. The molecule has 7 heteroatoms. The normalized spacial score (nSPS) is 14.1. The summed E-state index contributed by atoms with van der Waals surface area (Å²) >= 11 is -1.21. The molecule has 2 unspecified atom stereocenters. The molecule has 2 atom stereocenters. The van der Waals surface area contributed by atoms with Gasteiger partial charge in [-0.05, 0) is 52.5 Å². The van der Waals surface area contributed by atoms with E-state index in [0.29, 0.717) is 36.1 Å². The first-order chi connectivity index (χ1) is 12.6. The molecule has 1 aromatic rings. The molecule has 0 radical (unpaired) electrons. The zero-order chi connectivity index (χ0) is 20.6. The minimum atomic E-state index is -1.21. The average Bonchev–Trinajstić information content (AvgIpc) is 2.58. The fourth-order valence-electron chi connectivity index (χ4n) is 2.44. The molecule has 0 fully saturated rings. The van der Waals surface area contributed by atoms with Gasteiger partial charge in [0.25, 0.3) is 0 Å². The molecular weight excluding hydrogens is 364 g/mol. The van der Waals surface area contributed by atoms with Gasteiger partial charge < -0.3 is 14.0 Å². The van der Waals surface area contributed by atoms with Crippen LogP contribution in [0, 0.1) is 5.92 Å². The van der Waals surface area contributed by atoms with Crippen molar-refractivity contribution in [2.45, 2.75) is 71.6 Å². The first-order valence-corrected chi connectivity index (χ1v) is 10.6. The van der Waals surface area contributed by atoms with E-state index in [2.05, 4.69) is 23.6 Å². The number of pyridine rings is 1. The summed E-state index contributed by atoms with van der Waals surface area (Å²) in [5, 5.41) is 0. The maximum Gasteiger partial charge on any atom is 0.339 e. The van der Waals surface area contributed by atoms with Crippen LogP contribution in [0.5, 0.6) is 5.88 Å². The lowest BCUT2D eigenvalue weighted by atomic mass is 9.99. The van der Waals surface area contributed by atoms with Crippen molar-refractivity contribution in [2.24, 2.45) is 5.92 Å². The SMILES string of the molecule is CCOC(=O)c1ccc(OC)nc1CC(CCC(C)C)N[S+]([O-])C(C)(C)C. The molecule has 0 saturated carbocycles. The minimum absolute atomic E-state index is 0.0692. The van der Waals surface area contributed by atoms with Crippen molar-refractivity contribution in [3.63, 3.8) is 0 Å². The molecule has 1 rings (SSSR count). The van der Waals surface area contributed by atoms with Crippen LogP contribution in [0.25, 0.3) is 0 Å². The highest BCUT2D eigenvalue weighted by Crippen LogP contribution is 2.21. The van der Waals surface area contributed by atoms with Gasteiger partial charge in [0.1, 0.15) is 4.75 Å². The van der Waals surface area contributed by atoms with Gasteiger partial charge in [-0.2, -0.15) is 0 Å². The van der Waals surface area contributed by atoms with Crippen LogP contribution in [0.3, 0.4) is 0 Å². The molecule has 154 valence electrons. The van der Waals surface area contributed by atoms with Gasteiger partial charge in [0.05, 0.1) is 31.0 Å². The lowest BCUT2D eigenvalue weighted by molar-refractivity contribution is 0.0524. The Labute approximate surface area is 166 Å². The summed E-state index contributed by atoms with van der Waals surface area (Å²) in [4.78, 5) is 16.8. The molecule has 0 aliphatic rings. The van der Waals surface area contributed by atoms with E-state index in [9.17, 15) is 9.35 Å². The van der Waals surface area contributed by atoms with Gasteiger partial charge >= 0.3 is 5.97 Å². The van der Waals surface area contributed by atoms with Gasteiger partial charge in [0.15, 0.2) is 0 Å². The largest absolute Gasteiger partial charge is 0.598 e. The Hall–Kier alpha value is -1.31. The second-order valence-corrected chi connectivity index (χ2v) is 9.94. The predicted molar refractivity (Wildman–Crippen MR) is 109 cm³/mol. The van der Waals surface area contributed by atoms with Crippen molar-refractivity contribution in [1.29, 1.82) is 0 Å². The number of carbonyl (C=O) groups excluding carboxylic acids is 1. The molecule has 6 nitrogen and oxygen atoms in total. The van der Waals surface area contributed by atoms with Gasteiger partial charge in [-0.3, -0.25) is 0 Å². The topological polar surface area (TPSA) is 83.5 Å².